The predicted octanol–water partition coefficient (Wildman–Crippen LogP) is 2.12. The summed E-state index contributed by atoms with van der Waals surface area (Å²) in [5.74, 6) is 1.47. The Kier molecular flexibility index (Phi) is 4.88. The zero-order valence-corrected chi connectivity index (χ0v) is 13.2. The van der Waals surface area contributed by atoms with E-state index in [2.05, 4.69) is 5.32 Å². The van der Waals surface area contributed by atoms with Gasteiger partial charge in [0.15, 0.2) is 0 Å². The van der Waals surface area contributed by atoms with Gasteiger partial charge in [-0.25, -0.2) is 0 Å². The SMILES string of the molecule is COc1ccccc1CC(C)(C)C(=O)NC(CN)C1CC1. The molecular formula is C17H26N2O2. The van der Waals surface area contributed by atoms with Gasteiger partial charge in [-0.15, -0.1) is 0 Å². The predicted molar refractivity (Wildman–Crippen MR) is 84.2 cm³/mol. The molecule has 2 rings (SSSR count). The standard InChI is InChI=1S/C17H26N2O2/c1-17(2,10-13-6-4-5-7-15(13)21-3)16(20)19-14(11-18)12-8-9-12/h4-7,12,14H,8-11,18H2,1-3H3,(H,19,20). The Balaban J connectivity index is 2.04. The zero-order chi connectivity index (χ0) is 15.5. The Hall–Kier alpha value is -1.55. The minimum absolute atomic E-state index is 0.0655. The van der Waals surface area contributed by atoms with Gasteiger partial charge < -0.3 is 15.8 Å². The first-order chi connectivity index (χ1) is 9.97. The third-order valence-corrected chi connectivity index (χ3v) is 4.20. The maximum absolute atomic E-state index is 12.6. The lowest BCUT2D eigenvalue weighted by Gasteiger charge is -2.27. The van der Waals surface area contributed by atoms with Crippen molar-refractivity contribution in [3.63, 3.8) is 0 Å². The maximum Gasteiger partial charge on any atom is 0.226 e. The van der Waals surface area contributed by atoms with Crippen molar-refractivity contribution >= 4 is 5.91 Å². The minimum atomic E-state index is -0.489. The summed E-state index contributed by atoms with van der Waals surface area (Å²) in [5, 5.41) is 3.12. The van der Waals surface area contributed by atoms with Crippen LogP contribution in [0.15, 0.2) is 24.3 Å². The van der Waals surface area contributed by atoms with Crippen LogP contribution in [0, 0.1) is 11.3 Å². The number of benzene rings is 1. The number of ether oxygens (including phenoxy) is 1. The van der Waals surface area contributed by atoms with Crippen molar-refractivity contribution in [1.29, 1.82) is 0 Å². The van der Waals surface area contributed by atoms with E-state index in [4.69, 9.17) is 10.5 Å². The summed E-state index contributed by atoms with van der Waals surface area (Å²) in [5.41, 5.74) is 6.33. The molecule has 116 valence electrons. The third-order valence-electron chi connectivity index (χ3n) is 4.20. The number of carbonyl (C=O) groups is 1. The summed E-state index contributed by atoms with van der Waals surface area (Å²) < 4.78 is 5.37. The smallest absolute Gasteiger partial charge is 0.226 e. The Morgan fingerprint density at radius 3 is 2.67 bits per heavy atom. The fourth-order valence-electron chi connectivity index (χ4n) is 2.64. The minimum Gasteiger partial charge on any atom is -0.496 e. The first-order valence-electron chi connectivity index (χ1n) is 7.61. The molecule has 0 saturated heterocycles. The van der Waals surface area contributed by atoms with Crippen LogP contribution in [-0.4, -0.2) is 25.6 Å². The van der Waals surface area contributed by atoms with Gasteiger partial charge in [-0.1, -0.05) is 32.0 Å². The van der Waals surface area contributed by atoms with Crippen LogP contribution in [0.1, 0.15) is 32.3 Å². The molecular weight excluding hydrogens is 264 g/mol. The van der Waals surface area contributed by atoms with Gasteiger partial charge in [0, 0.05) is 18.0 Å². The fraction of sp³-hybridized carbons (Fsp3) is 0.588. The zero-order valence-electron chi connectivity index (χ0n) is 13.2. The van der Waals surface area contributed by atoms with Crippen LogP contribution in [0.4, 0.5) is 0 Å². The molecule has 0 aromatic heterocycles. The van der Waals surface area contributed by atoms with Crippen molar-refractivity contribution in [2.45, 2.75) is 39.2 Å². The molecule has 21 heavy (non-hydrogen) atoms. The quantitative estimate of drug-likeness (QED) is 0.808. The number of carbonyl (C=O) groups excluding carboxylic acids is 1. The van der Waals surface area contributed by atoms with Gasteiger partial charge >= 0.3 is 0 Å². The molecule has 4 nitrogen and oxygen atoms in total. The lowest BCUT2D eigenvalue weighted by Crippen LogP contribution is -2.47. The molecule has 0 bridgehead atoms. The summed E-state index contributed by atoms with van der Waals surface area (Å²) in [6.07, 6.45) is 3.00. The molecule has 4 heteroatoms. The van der Waals surface area contributed by atoms with E-state index in [9.17, 15) is 4.79 Å². The lowest BCUT2D eigenvalue weighted by molar-refractivity contribution is -0.130. The van der Waals surface area contributed by atoms with Crippen molar-refractivity contribution in [3.05, 3.63) is 29.8 Å². The van der Waals surface area contributed by atoms with E-state index in [0.29, 0.717) is 18.9 Å². The molecule has 3 N–H and O–H groups in total. The second-order valence-corrected chi connectivity index (χ2v) is 6.53. The molecule has 1 aliphatic carbocycles. The van der Waals surface area contributed by atoms with E-state index in [1.807, 2.05) is 38.1 Å². The second-order valence-electron chi connectivity index (χ2n) is 6.53. The third kappa shape index (κ3) is 3.97. The topological polar surface area (TPSA) is 64.3 Å². The fourth-order valence-corrected chi connectivity index (χ4v) is 2.64. The van der Waals surface area contributed by atoms with Crippen LogP contribution >= 0.6 is 0 Å². The Morgan fingerprint density at radius 1 is 1.43 bits per heavy atom. The first-order valence-corrected chi connectivity index (χ1v) is 7.61. The molecule has 0 spiro atoms. The highest BCUT2D eigenvalue weighted by Crippen LogP contribution is 2.33. The van der Waals surface area contributed by atoms with Crippen LogP contribution in [-0.2, 0) is 11.2 Å². The largest absolute Gasteiger partial charge is 0.496 e. The first kappa shape index (κ1) is 15.8. The number of rotatable bonds is 7. The molecule has 1 amide bonds. The summed E-state index contributed by atoms with van der Waals surface area (Å²) in [6, 6.07) is 7.96. The van der Waals surface area contributed by atoms with Crippen LogP contribution in [0.25, 0.3) is 0 Å². The number of methoxy groups -OCH3 is 1. The number of nitrogens with two attached hydrogens (primary N) is 1. The normalized spacial score (nSPS) is 16.4. The van der Waals surface area contributed by atoms with Crippen LogP contribution < -0.4 is 15.8 Å². The second kappa shape index (κ2) is 6.48. The number of para-hydroxylation sites is 1. The highest BCUT2D eigenvalue weighted by atomic mass is 16.5. The Bertz CT molecular complexity index is 495. The van der Waals surface area contributed by atoms with Gasteiger partial charge in [-0.3, -0.25) is 4.79 Å². The van der Waals surface area contributed by atoms with Crippen molar-refractivity contribution in [2.24, 2.45) is 17.1 Å². The highest BCUT2D eigenvalue weighted by Gasteiger charge is 2.35. The molecule has 1 aromatic carbocycles. The number of hydrogen-bond acceptors (Lipinski definition) is 3. The molecule has 1 unspecified atom stereocenters. The van der Waals surface area contributed by atoms with Crippen LogP contribution in [0.5, 0.6) is 5.75 Å². The van der Waals surface area contributed by atoms with E-state index >= 15 is 0 Å². The van der Waals surface area contributed by atoms with Crippen LogP contribution in [0.3, 0.4) is 0 Å². The number of hydrogen-bond donors (Lipinski definition) is 2. The summed E-state index contributed by atoms with van der Waals surface area (Å²) in [6.45, 7) is 4.45. The van der Waals surface area contributed by atoms with E-state index in [1.165, 1.54) is 12.8 Å². The van der Waals surface area contributed by atoms with Gasteiger partial charge in [0.2, 0.25) is 5.91 Å². The summed E-state index contributed by atoms with van der Waals surface area (Å²) in [7, 11) is 1.66. The van der Waals surface area contributed by atoms with Crippen molar-refractivity contribution in [1.82, 2.24) is 5.32 Å². The van der Waals surface area contributed by atoms with E-state index in [-0.39, 0.29) is 11.9 Å². The van der Waals surface area contributed by atoms with Crippen molar-refractivity contribution in [3.8, 4) is 5.75 Å². The van der Waals surface area contributed by atoms with Crippen LogP contribution in [0.2, 0.25) is 0 Å². The number of amides is 1. The summed E-state index contributed by atoms with van der Waals surface area (Å²) in [4.78, 5) is 12.6. The van der Waals surface area contributed by atoms with Gasteiger partial charge in [-0.05, 0) is 36.8 Å². The molecule has 1 aliphatic rings. The molecule has 1 saturated carbocycles. The van der Waals surface area contributed by atoms with Gasteiger partial charge in [0.05, 0.1) is 7.11 Å². The average Bonchev–Trinajstić information content (AvgIpc) is 3.29. The highest BCUT2D eigenvalue weighted by molar-refractivity contribution is 5.82. The van der Waals surface area contributed by atoms with Gasteiger partial charge in [0.1, 0.15) is 5.75 Å². The van der Waals surface area contributed by atoms with Crippen molar-refractivity contribution in [2.75, 3.05) is 13.7 Å². The van der Waals surface area contributed by atoms with E-state index in [1.54, 1.807) is 7.11 Å². The van der Waals surface area contributed by atoms with Gasteiger partial charge in [-0.2, -0.15) is 0 Å². The molecule has 0 heterocycles. The lowest BCUT2D eigenvalue weighted by atomic mass is 9.84. The monoisotopic (exact) mass is 290 g/mol. The van der Waals surface area contributed by atoms with Gasteiger partial charge in [0.25, 0.3) is 0 Å². The van der Waals surface area contributed by atoms with E-state index in [0.717, 1.165) is 11.3 Å². The molecule has 0 radical (unpaired) electrons. The van der Waals surface area contributed by atoms with Crippen molar-refractivity contribution < 1.29 is 9.53 Å². The maximum atomic E-state index is 12.6. The average molecular weight is 290 g/mol. The summed E-state index contributed by atoms with van der Waals surface area (Å²) >= 11 is 0. The number of nitrogens with one attached hydrogen (secondary N) is 1. The Morgan fingerprint density at radius 2 is 2.10 bits per heavy atom. The Labute approximate surface area is 127 Å². The van der Waals surface area contributed by atoms with E-state index < -0.39 is 5.41 Å². The molecule has 0 aliphatic heterocycles. The molecule has 1 aromatic rings. The molecule has 1 fully saturated rings. The molecule has 1 atom stereocenters.